The van der Waals surface area contributed by atoms with Crippen LogP contribution in [0.4, 0.5) is 11.4 Å². The first-order valence-corrected chi connectivity index (χ1v) is 7.77. The number of aliphatic imine (C=N–C) groups is 1. The summed E-state index contributed by atoms with van der Waals surface area (Å²) in [6.07, 6.45) is 8.32. The summed E-state index contributed by atoms with van der Waals surface area (Å²) in [4.78, 5) is 8.98. The molecular formula is C19H18N4. The van der Waals surface area contributed by atoms with E-state index in [0.29, 0.717) is 11.4 Å². The van der Waals surface area contributed by atoms with Gasteiger partial charge in [0.15, 0.2) is 0 Å². The van der Waals surface area contributed by atoms with Gasteiger partial charge in [0, 0.05) is 17.4 Å². The Morgan fingerprint density at radius 2 is 2.04 bits per heavy atom. The van der Waals surface area contributed by atoms with Crippen molar-refractivity contribution >= 4 is 17.1 Å². The molecule has 3 rings (SSSR count). The molecule has 0 amide bonds. The molecule has 2 N–H and O–H groups in total. The summed E-state index contributed by atoms with van der Waals surface area (Å²) >= 11 is 0. The molecule has 1 heterocycles. The highest BCUT2D eigenvalue weighted by Gasteiger charge is 2.16. The number of nitrogens with zero attached hydrogens (tertiary/aromatic N) is 3. The van der Waals surface area contributed by atoms with Crippen LogP contribution in [0.15, 0.2) is 59.2 Å². The van der Waals surface area contributed by atoms with E-state index < -0.39 is 0 Å². The van der Waals surface area contributed by atoms with E-state index in [1.807, 2.05) is 36.4 Å². The monoisotopic (exact) mass is 302 g/mol. The van der Waals surface area contributed by atoms with Crippen LogP contribution in [0.5, 0.6) is 0 Å². The fraction of sp³-hybridized carbons (Fsp3) is 0.211. The van der Waals surface area contributed by atoms with Crippen molar-refractivity contribution in [3.8, 4) is 6.07 Å². The number of aromatic nitrogens is 1. The maximum Gasteiger partial charge on any atom is 0.142 e. The summed E-state index contributed by atoms with van der Waals surface area (Å²) in [7, 11) is 0. The van der Waals surface area contributed by atoms with Crippen LogP contribution in [-0.2, 0) is 0 Å². The molecule has 1 aliphatic rings. The third-order valence-electron chi connectivity index (χ3n) is 3.90. The number of anilines is 1. The number of para-hydroxylation sites is 1. The Balaban J connectivity index is 2.11. The Labute approximate surface area is 136 Å². The second-order valence-corrected chi connectivity index (χ2v) is 5.54. The number of nitrogen functional groups attached to an aromatic ring is 1. The van der Waals surface area contributed by atoms with Crippen molar-refractivity contribution in [2.45, 2.75) is 25.7 Å². The Hall–Kier alpha value is -2.93. The lowest BCUT2D eigenvalue weighted by Crippen LogP contribution is -2.11. The van der Waals surface area contributed by atoms with Crippen LogP contribution < -0.4 is 5.73 Å². The number of allylic oxidation sites excluding steroid dienone is 2. The molecule has 0 saturated heterocycles. The van der Waals surface area contributed by atoms with Crippen molar-refractivity contribution in [1.82, 2.24) is 4.98 Å². The molecular weight excluding hydrogens is 284 g/mol. The van der Waals surface area contributed by atoms with Crippen LogP contribution in [0.3, 0.4) is 0 Å². The molecule has 1 aromatic heterocycles. The Morgan fingerprint density at radius 3 is 2.70 bits per heavy atom. The van der Waals surface area contributed by atoms with Crippen LogP contribution in [0, 0.1) is 11.3 Å². The first-order valence-electron chi connectivity index (χ1n) is 7.77. The lowest BCUT2D eigenvalue weighted by Gasteiger charge is -2.17. The van der Waals surface area contributed by atoms with Gasteiger partial charge in [-0.3, -0.25) is 0 Å². The van der Waals surface area contributed by atoms with E-state index >= 15 is 0 Å². The molecule has 0 bridgehead atoms. The van der Waals surface area contributed by atoms with Crippen LogP contribution in [-0.4, -0.2) is 10.7 Å². The van der Waals surface area contributed by atoms with Crippen LogP contribution in [0.25, 0.3) is 0 Å². The number of nitrogens with two attached hydrogens (primary N) is 1. The molecule has 114 valence electrons. The lowest BCUT2D eigenvalue weighted by molar-refractivity contribution is 0.717. The minimum absolute atomic E-state index is 0.322. The molecule has 1 aromatic carbocycles. The number of pyridine rings is 1. The van der Waals surface area contributed by atoms with Gasteiger partial charge in [0.1, 0.15) is 11.8 Å². The largest absolute Gasteiger partial charge is 0.398 e. The molecule has 0 aliphatic heterocycles. The highest BCUT2D eigenvalue weighted by atomic mass is 14.8. The molecule has 1 aliphatic carbocycles. The first-order chi connectivity index (χ1) is 11.3. The minimum atomic E-state index is 0.322. The highest BCUT2D eigenvalue weighted by molar-refractivity contribution is 6.16. The van der Waals surface area contributed by atoms with Gasteiger partial charge in [-0.05, 0) is 49.5 Å². The van der Waals surface area contributed by atoms with E-state index in [0.717, 1.165) is 36.2 Å². The topological polar surface area (TPSA) is 75.1 Å². The average Bonchev–Trinajstić information content (AvgIpc) is 2.61. The standard InChI is InChI=1S/C19H18N4/c20-12-16-11-18(21)17(13-22-16)19(14-7-3-1-4-8-14)23-15-9-5-2-6-10-15/h2,5-7,9-11,13H,1,3-4,8H2,(H2,21,22). The SMILES string of the molecule is N#Cc1cc(N)c(C(=Nc2ccccc2)C2=CCCCC2)cn1. The van der Waals surface area contributed by atoms with E-state index in [1.54, 1.807) is 12.3 Å². The predicted molar refractivity (Wildman–Crippen MR) is 92.6 cm³/mol. The second-order valence-electron chi connectivity index (χ2n) is 5.54. The predicted octanol–water partition coefficient (Wildman–Crippen LogP) is 4.16. The molecule has 0 fully saturated rings. The van der Waals surface area contributed by atoms with Gasteiger partial charge < -0.3 is 5.73 Å². The normalized spacial score (nSPS) is 14.9. The van der Waals surface area contributed by atoms with Gasteiger partial charge in [0.25, 0.3) is 0 Å². The average molecular weight is 302 g/mol. The van der Waals surface area contributed by atoms with Crippen molar-refractivity contribution in [2.24, 2.45) is 4.99 Å². The summed E-state index contributed by atoms with van der Waals surface area (Å²) in [5.74, 6) is 0. The van der Waals surface area contributed by atoms with Gasteiger partial charge in [-0.2, -0.15) is 5.26 Å². The molecule has 0 spiro atoms. The summed E-state index contributed by atoms with van der Waals surface area (Å²) < 4.78 is 0. The summed E-state index contributed by atoms with van der Waals surface area (Å²) in [6.45, 7) is 0. The summed E-state index contributed by atoms with van der Waals surface area (Å²) in [5, 5.41) is 8.97. The van der Waals surface area contributed by atoms with Crippen molar-refractivity contribution in [1.29, 1.82) is 5.26 Å². The number of benzene rings is 1. The van der Waals surface area contributed by atoms with Crippen LogP contribution >= 0.6 is 0 Å². The van der Waals surface area contributed by atoms with E-state index in [4.69, 9.17) is 16.0 Å². The molecule has 0 radical (unpaired) electrons. The van der Waals surface area contributed by atoms with E-state index in [-0.39, 0.29) is 0 Å². The van der Waals surface area contributed by atoms with Gasteiger partial charge in [0.2, 0.25) is 0 Å². The number of hydrogen-bond acceptors (Lipinski definition) is 4. The fourth-order valence-electron chi connectivity index (χ4n) is 2.72. The van der Waals surface area contributed by atoms with Crippen LogP contribution in [0.1, 0.15) is 36.9 Å². The fourth-order valence-corrected chi connectivity index (χ4v) is 2.72. The molecule has 0 unspecified atom stereocenters. The molecule has 4 heteroatoms. The third kappa shape index (κ3) is 3.46. The third-order valence-corrected chi connectivity index (χ3v) is 3.90. The number of hydrogen-bond donors (Lipinski definition) is 1. The van der Waals surface area contributed by atoms with Gasteiger partial charge in [-0.25, -0.2) is 9.98 Å². The summed E-state index contributed by atoms with van der Waals surface area (Å²) in [6, 6.07) is 13.5. The zero-order valence-electron chi connectivity index (χ0n) is 12.9. The zero-order valence-corrected chi connectivity index (χ0v) is 12.9. The Kier molecular flexibility index (Phi) is 4.49. The van der Waals surface area contributed by atoms with Gasteiger partial charge in [0.05, 0.1) is 11.4 Å². The zero-order chi connectivity index (χ0) is 16.1. The maximum absolute atomic E-state index is 8.97. The van der Waals surface area contributed by atoms with Gasteiger partial charge in [-0.1, -0.05) is 24.3 Å². The Morgan fingerprint density at radius 1 is 1.22 bits per heavy atom. The summed E-state index contributed by atoms with van der Waals surface area (Å²) in [5.41, 5.74) is 10.8. The van der Waals surface area contributed by atoms with Crippen molar-refractivity contribution < 1.29 is 0 Å². The number of nitriles is 1. The highest BCUT2D eigenvalue weighted by Crippen LogP contribution is 2.27. The van der Waals surface area contributed by atoms with Crippen molar-refractivity contribution in [3.63, 3.8) is 0 Å². The van der Waals surface area contributed by atoms with E-state index in [1.165, 1.54) is 12.0 Å². The molecule has 0 atom stereocenters. The van der Waals surface area contributed by atoms with E-state index in [9.17, 15) is 0 Å². The van der Waals surface area contributed by atoms with Gasteiger partial charge in [-0.15, -0.1) is 0 Å². The smallest absolute Gasteiger partial charge is 0.142 e. The minimum Gasteiger partial charge on any atom is -0.398 e. The maximum atomic E-state index is 8.97. The number of rotatable bonds is 3. The molecule has 4 nitrogen and oxygen atoms in total. The molecule has 2 aromatic rings. The van der Waals surface area contributed by atoms with Crippen molar-refractivity contribution in [2.75, 3.05) is 5.73 Å². The molecule has 23 heavy (non-hydrogen) atoms. The lowest BCUT2D eigenvalue weighted by atomic mass is 9.92. The van der Waals surface area contributed by atoms with Crippen LogP contribution in [0.2, 0.25) is 0 Å². The van der Waals surface area contributed by atoms with E-state index in [2.05, 4.69) is 11.1 Å². The Bertz CT molecular complexity index is 798. The van der Waals surface area contributed by atoms with Crippen molar-refractivity contribution in [3.05, 3.63) is 65.5 Å². The molecule has 0 saturated carbocycles. The second kappa shape index (κ2) is 6.89. The first kappa shape index (κ1) is 15.0. The van der Waals surface area contributed by atoms with Gasteiger partial charge >= 0.3 is 0 Å². The quantitative estimate of drug-likeness (QED) is 0.865.